The van der Waals surface area contributed by atoms with E-state index in [2.05, 4.69) is 32.7 Å². The van der Waals surface area contributed by atoms with Crippen molar-refractivity contribution in [1.82, 2.24) is 15.3 Å². The quantitative estimate of drug-likeness (QED) is 0.730. The SMILES string of the molecule is CC1c2cnc(Nc3ccc(N4CCNCC4)cc3)nc2N(C2CCCC2)S(=O)(=O)C1C. The number of nitrogens with zero attached hydrogens (tertiary/aromatic N) is 4. The van der Waals surface area contributed by atoms with Crippen molar-refractivity contribution >= 4 is 33.2 Å². The zero-order valence-electron chi connectivity index (χ0n) is 18.8. The first kappa shape index (κ1) is 21.5. The normalized spacial score (nSPS) is 25.6. The van der Waals surface area contributed by atoms with E-state index in [9.17, 15) is 8.42 Å². The molecule has 1 aliphatic carbocycles. The number of hydrogen-bond acceptors (Lipinski definition) is 7. The van der Waals surface area contributed by atoms with Crippen molar-refractivity contribution in [2.45, 2.75) is 56.7 Å². The van der Waals surface area contributed by atoms with Crippen LogP contribution in [0.25, 0.3) is 0 Å². The van der Waals surface area contributed by atoms with Crippen molar-refractivity contribution in [3.8, 4) is 0 Å². The van der Waals surface area contributed by atoms with Gasteiger partial charge in [0, 0.05) is 61.3 Å². The van der Waals surface area contributed by atoms with E-state index in [0.717, 1.165) is 63.1 Å². The lowest BCUT2D eigenvalue weighted by Gasteiger charge is -2.39. The second-order valence-corrected chi connectivity index (χ2v) is 11.3. The van der Waals surface area contributed by atoms with Gasteiger partial charge in [-0.3, -0.25) is 0 Å². The van der Waals surface area contributed by atoms with Crippen LogP contribution in [0.1, 0.15) is 51.0 Å². The van der Waals surface area contributed by atoms with Crippen LogP contribution in [0.3, 0.4) is 0 Å². The molecule has 2 fully saturated rings. The monoisotopic (exact) mass is 456 g/mol. The average molecular weight is 457 g/mol. The first-order valence-corrected chi connectivity index (χ1v) is 13.2. The van der Waals surface area contributed by atoms with Crippen LogP contribution in [0.4, 0.5) is 23.1 Å². The van der Waals surface area contributed by atoms with Crippen molar-refractivity contribution in [3.05, 3.63) is 36.0 Å². The van der Waals surface area contributed by atoms with Crippen LogP contribution in [0.2, 0.25) is 0 Å². The Bertz CT molecular complexity index is 1060. The number of sulfonamides is 1. The molecule has 2 aliphatic heterocycles. The molecule has 2 unspecified atom stereocenters. The minimum Gasteiger partial charge on any atom is -0.369 e. The molecule has 1 saturated heterocycles. The molecule has 2 aromatic rings. The number of aromatic nitrogens is 2. The third-order valence-corrected chi connectivity index (χ3v) is 9.57. The summed E-state index contributed by atoms with van der Waals surface area (Å²) in [5.74, 6) is 0.844. The predicted molar refractivity (Wildman–Crippen MR) is 128 cm³/mol. The number of rotatable bonds is 4. The molecule has 1 saturated carbocycles. The maximum Gasteiger partial charge on any atom is 0.239 e. The summed E-state index contributed by atoms with van der Waals surface area (Å²) < 4.78 is 28.3. The highest BCUT2D eigenvalue weighted by atomic mass is 32.2. The summed E-state index contributed by atoms with van der Waals surface area (Å²) in [6.45, 7) is 7.77. The Balaban J connectivity index is 1.43. The minimum atomic E-state index is -3.45. The third kappa shape index (κ3) is 3.81. The lowest BCUT2D eigenvalue weighted by atomic mass is 9.99. The molecule has 2 atom stereocenters. The van der Waals surface area contributed by atoms with Crippen LogP contribution in [0.15, 0.2) is 30.5 Å². The molecule has 9 heteroatoms. The third-order valence-electron chi connectivity index (χ3n) is 7.21. The van der Waals surface area contributed by atoms with E-state index in [0.29, 0.717) is 11.8 Å². The molecular weight excluding hydrogens is 424 g/mol. The van der Waals surface area contributed by atoms with Crippen molar-refractivity contribution in [3.63, 3.8) is 0 Å². The molecule has 0 bridgehead atoms. The van der Waals surface area contributed by atoms with E-state index in [1.54, 1.807) is 17.4 Å². The van der Waals surface area contributed by atoms with E-state index >= 15 is 0 Å². The molecule has 0 radical (unpaired) electrons. The first-order chi connectivity index (χ1) is 15.4. The molecule has 3 heterocycles. The highest BCUT2D eigenvalue weighted by Gasteiger charge is 2.45. The van der Waals surface area contributed by atoms with E-state index < -0.39 is 15.3 Å². The van der Waals surface area contributed by atoms with Gasteiger partial charge in [0.05, 0.1) is 5.25 Å². The second kappa shape index (κ2) is 8.51. The number of piperazine rings is 1. The minimum absolute atomic E-state index is 0.00485. The van der Waals surface area contributed by atoms with Crippen molar-refractivity contribution < 1.29 is 8.42 Å². The van der Waals surface area contributed by atoms with Crippen LogP contribution in [-0.4, -0.2) is 55.9 Å². The predicted octanol–water partition coefficient (Wildman–Crippen LogP) is 3.21. The van der Waals surface area contributed by atoms with Gasteiger partial charge in [0.1, 0.15) is 0 Å². The molecular formula is C23H32N6O2S. The molecule has 0 amide bonds. The average Bonchev–Trinajstić information content (AvgIpc) is 3.33. The Morgan fingerprint density at radius 1 is 1.06 bits per heavy atom. The van der Waals surface area contributed by atoms with Crippen molar-refractivity contribution in [2.75, 3.05) is 40.7 Å². The number of hydrogen-bond donors (Lipinski definition) is 2. The lowest BCUT2D eigenvalue weighted by Crippen LogP contribution is -2.49. The van der Waals surface area contributed by atoms with Gasteiger partial charge in [0.15, 0.2) is 5.82 Å². The topological polar surface area (TPSA) is 90.5 Å². The molecule has 3 aliphatic rings. The van der Waals surface area contributed by atoms with Gasteiger partial charge in [-0.15, -0.1) is 0 Å². The maximum atomic E-state index is 13.4. The Morgan fingerprint density at radius 2 is 1.75 bits per heavy atom. The van der Waals surface area contributed by atoms with E-state index in [1.807, 2.05) is 19.1 Å². The Hall–Kier alpha value is -2.39. The summed E-state index contributed by atoms with van der Waals surface area (Å²) >= 11 is 0. The highest BCUT2D eigenvalue weighted by molar-refractivity contribution is 7.93. The fraction of sp³-hybridized carbons (Fsp3) is 0.565. The summed E-state index contributed by atoms with van der Waals surface area (Å²) in [7, 11) is -3.45. The first-order valence-electron chi connectivity index (χ1n) is 11.7. The van der Waals surface area contributed by atoms with Crippen LogP contribution in [-0.2, 0) is 10.0 Å². The summed E-state index contributed by atoms with van der Waals surface area (Å²) in [4.78, 5) is 11.6. The van der Waals surface area contributed by atoms with Crippen LogP contribution in [0, 0.1) is 0 Å². The van der Waals surface area contributed by atoms with Crippen LogP contribution >= 0.6 is 0 Å². The molecule has 5 rings (SSSR count). The van der Waals surface area contributed by atoms with Gasteiger partial charge in [-0.1, -0.05) is 19.8 Å². The van der Waals surface area contributed by atoms with E-state index in [-0.39, 0.29) is 12.0 Å². The summed E-state index contributed by atoms with van der Waals surface area (Å²) in [5, 5.41) is 6.17. The van der Waals surface area contributed by atoms with Crippen molar-refractivity contribution in [2.24, 2.45) is 0 Å². The van der Waals surface area contributed by atoms with E-state index in [4.69, 9.17) is 4.98 Å². The van der Waals surface area contributed by atoms with Gasteiger partial charge in [-0.2, -0.15) is 4.98 Å². The fourth-order valence-electron chi connectivity index (χ4n) is 5.08. The molecule has 8 nitrogen and oxygen atoms in total. The van der Waals surface area contributed by atoms with Crippen LogP contribution < -0.4 is 19.8 Å². The van der Waals surface area contributed by atoms with E-state index in [1.165, 1.54) is 5.69 Å². The molecule has 0 spiro atoms. The standard InChI is InChI=1S/C23H32N6O2S/c1-16-17(2)32(30,31)29(20-5-3-4-6-20)22-21(16)15-25-23(27-22)26-18-7-9-19(10-8-18)28-13-11-24-12-14-28/h7-10,15-17,20,24H,3-6,11-14H2,1-2H3,(H,25,26,27). The number of nitrogens with one attached hydrogen (secondary N) is 2. The second-order valence-electron chi connectivity index (χ2n) is 9.15. The largest absolute Gasteiger partial charge is 0.369 e. The lowest BCUT2D eigenvalue weighted by molar-refractivity contribution is 0.537. The summed E-state index contributed by atoms with van der Waals surface area (Å²) in [5.41, 5.74) is 3.00. The maximum absolute atomic E-state index is 13.4. The van der Waals surface area contributed by atoms with Gasteiger partial charge in [-0.25, -0.2) is 17.7 Å². The van der Waals surface area contributed by atoms with Gasteiger partial charge in [0.2, 0.25) is 16.0 Å². The molecule has 2 N–H and O–H groups in total. The number of benzene rings is 1. The summed E-state index contributed by atoms with van der Waals surface area (Å²) in [6.07, 6.45) is 5.70. The Morgan fingerprint density at radius 3 is 2.44 bits per heavy atom. The number of anilines is 4. The van der Waals surface area contributed by atoms with Gasteiger partial charge < -0.3 is 15.5 Å². The van der Waals surface area contributed by atoms with Gasteiger partial charge in [-0.05, 0) is 44.0 Å². The zero-order valence-corrected chi connectivity index (χ0v) is 19.6. The fourth-order valence-corrected chi connectivity index (χ4v) is 7.11. The smallest absolute Gasteiger partial charge is 0.239 e. The molecule has 32 heavy (non-hydrogen) atoms. The zero-order chi connectivity index (χ0) is 22.3. The highest BCUT2D eigenvalue weighted by Crippen LogP contribution is 2.43. The van der Waals surface area contributed by atoms with Crippen LogP contribution in [0.5, 0.6) is 0 Å². The summed E-state index contributed by atoms with van der Waals surface area (Å²) in [6, 6.07) is 8.25. The molecule has 172 valence electrons. The molecule has 1 aromatic carbocycles. The van der Waals surface area contributed by atoms with Gasteiger partial charge in [0.25, 0.3) is 0 Å². The molecule has 1 aromatic heterocycles. The van der Waals surface area contributed by atoms with Crippen molar-refractivity contribution in [1.29, 1.82) is 0 Å². The Labute approximate surface area is 190 Å². The number of fused-ring (bicyclic) bond motifs is 1. The van der Waals surface area contributed by atoms with Gasteiger partial charge >= 0.3 is 0 Å². The Kier molecular flexibility index (Phi) is 5.71.